The van der Waals surface area contributed by atoms with E-state index in [1.54, 1.807) is 25.5 Å². The molecule has 2 amide bonds. The quantitative estimate of drug-likeness (QED) is 0.621. The van der Waals surface area contributed by atoms with Crippen LogP contribution in [0.4, 0.5) is 0 Å². The lowest BCUT2D eigenvalue weighted by molar-refractivity contribution is -0.139. The third kappa shape index (κ3) is 5.25. The summed E-state index contributed by atoms with van der Waals surface area (Å²) in [6, 6.07) is 7.51. The van der Waals surface area contributed by atoms with E-state index in [4.69, 9.17) is 4.74 Å². The Morgan fingerprint density at radius 2 is 2.03 bits per heavy atom. The van der Waals surface area contributed by atoms with Crippen LogP contribution in [0.15, 0.2) is 42.9 Å². The van der Waals surface area contributed by atoms with E-state index in [-0.39, 0.29) is 17.9 Å². The smallest absolute Gasteiger partial charge is 0.269 e. The van der Waals surface area contributed by atoms with Crippen LogP contribution in [0, 0.1) is 13.8 Å². The normalized spacial score (nSPS) is 16.0. The summed E-state index contributed by atoms with van der Waals surface area (Å²) in [6.07, 6.45) is 5.43. The molecular formula is C24H28N6O3. The van der Waals surface area contributed by atoms with Gasteiger partial charge in [-0.2, -0.15) is 0 Å². The number of carbonyl (C=O) groups excluding carboxylic acids is 2. The van der Waals surface area contributed by atoms with Crippen LogP contribution in [0.2, 0.25) is 0 Å². The van der Waals surface area contributed by atoms with Crippen molar-refractivity contribution in [2.24, 2.45) is 0 Å². The Hall–Kier alpha value is -3.59. The molecule has 0 unspecified atom stereocenters. The molecule has 3 aromatic rings. The first kappa shape index (κ1) is 22.6. The predicted molar refractivity (Wildman–Crippen MR) is 122 cm³/mol. The molecule has 0 saturated carbocycles. The van der Waals surface area contributed by atoms with Crippen molar-refractivity contribution in [1.29, 1.82) is 0 Å². The number of hydrogen-bond donors (Lipinski definition) is 1. The Kier molecular flexibility index (Phi) is 6.79. The van der Waals surface area contributed by atoms with Crippen LogP contribution in [-0.2, 0) is 16.1 Å². The fourth-order valence-electron chi connectivity index (χ4n) is 3.92. The van der Waals surface area contributed by atoms with Gasteiger partial charge in [-0.15, -0.1) is 0 Å². The molecule has 1 atom stereocenters. The molecule has 4 rings (SSSR count). The van der Waals surface area contributed by atoms with E-state index in [0.717, 1.165) is 28.3 Å². The van der Waals surface area contributed by atoms with E-state index in [9.17, 15) is 9.59 Å². The number of pyridine rings is 2. The summed E-state index contributed by atoms with van der Waals surface area (Å²) in [5.41, 5.74) is 3.82. The van der Waals surface area contributed by atoms with Gasteiger partial charge in [-0.1, -0.05) is 6.07 Å². The van der Waals surface area contributed by atoms with E-state index in [1.807, 2.05) is 47.7 Å². The maximum atomic E-state index is 12.8. The molecule has 0 aliphatic carbocycles. The minimum atomic E-state index is -0.297. The van der Waals surface area contributed by atoms with Crippen LogP contribution in [-0.4, -0.2) is 63.0 Å². The first-order chi connectivity index (χ1) is 15.9. The Balaban J connectivity index is 1.47. The zero-order valence-electron chi connectivity index (χ0n) is 19.1. The van der Waals surface area contributed by atoms with Crippen molar-refractivity contribution < 1.29 is 14.3 Å². The first-order valence-corrected chi connectivity index (χ1v) is 11.0. The van der Waals surface area contributed by atoms with Crippen LogP contribution in [0.25, 0.3) is 11.1 Å². The number of ether oxygens (including phenoxy) is 1. The summed E-state index contributed by atoms with van der Waals surface area (Å²) in [6.45, 7) is 5.97. The number of nitrogens with zero attached hydrogens (tertiary/aromatic N) is 5. The molecule has 9 nitrogen and oxygen atoms in total. The highest BCUT2D eigenvalue weighted by Crippen LogP contribution is 2.27. The molecule has 1 aliphatic heterocycles. The van der Waals surface area contributed by atoms with Gasteiger partial charge in [0.2, 0.25) is 5.91 Å². The van der Waals surface area contributed by atoms with Gasteiger partial charge in [0.1, 0.15) is 17.6 Å². The lowest BCUT2D eigenvalue weighted by Crippen LogP contribution is -2.42. The van der Waals surface area contributed by atoms with E-state index < -0.39 is 0 Å². The molecular weight excluding hydrogens is 420 g/mol. The van der Waals surface area contributed by atoms with Crippen LogP contribution in [0.3, 0.4) is 0 Å². The number of rotatable bonds is 6. The highest BCUT2D eigenvalue weighted by molar-refractivity contribution is 5.92. The maximum absolute atomic E-state index is 12.8. The maximum Gasteiger partial charge on any atom is 0.269 e. The monoisotopic (exact) mass is 448 g/mol. The molecule has 4 heterocycles. The highest BCUT2D eigenvalue weighted by atomic mass is 16.5. The second-order valence-corrected chi connectivity index (χ2v) is 8.05. The fourth-order valence-corrected chi connectivity index (χ4v) is 3.92. The minimum Gasteiger partial charge on any atom is -0.368 e. The van der Waals surface area contributed by atoms with Crippen LogP contribution < -0.4 is 5.32 Å². The van der Waals surface area contributed by atoms with E-state index in [2.05, 4.69) is 20.3 Å². The number of carbonyl (C=O) groups is 2. The minimum absolute atomic E-state index is 0.0956. The predicted octanol–water partition coefficient (Wildman–Crippen LogP) is 2.31. The third-order valence-corrected chi connectivity index (χ3v) is 5.77. The van der Waals surface area contributed by atoms with Crippen molar-refractivity contribution in [3.05, 3.63) is 65.8 Å². The van der Waals surface area contributed by atoms with Crippen molar-refractivity contribution in [3.63, 3.8) is 0 Å². The first-order valence-electron chi connectivity index (χ1n) is 11.0. The Morgan fingerprint density at radius 3 is 2.73 bits per heavy atom. The number of morpholine rings is 1. The molecule has 1 saturated heterocycles. The number of hydrogen-bond acceptors (Lipinski definition) is 6. The van der Waals surface area contributed by atoms with Crippen molar-refractivity contribution in [2.45, 2.75) is 32.9 Å². The molecule has 0 aromatic carbocycles. The molecule has 0 bridgehead atoms. The second kappa shape index (κ2) is 9.91. The van der Waals surface area contributed by atoms with Crippen LogP contribution in [0.5, 0.6) is 0 Å². The zero-order valence-corrected chi connectivity index (χ0v) is 19.1. The van der Waals surface area contributed by atoms with E-state index in [1.165, 1.54) is 0 Å². The highest BCUT2D eigenvalue weighted by Gasteiger charge is 2.26. The van der Waals surface area contributed by atoms with Gasteiger partial charge >= 0.3 is 0 Å². The van der Waals surface area contributed by atoms with Gasteiger partial charge in [-0.3, -0.25) is 19.6 Å². The lowest BCUT2D eigenvalue weighted by atomic mass is 10.0. The largest absolute Gasteiger partial charge is 0.368 e. The number of nitrogens with one attached hydrogen (secondary N) is 1. The number of amides is 2. The van der Waals surface area contributed by atoms with Gasteiger partial charge in [-0.05, 0) is 37.6 Å². The van der Waals surface area contributed by atoms with Crippen molar-refractivity contribution in [3.8, 4) is 11.1 Å². The van der Waals surface area contributed by atoms with E-state index >= 15 is 0 Å². The van der Waals surface area contributed by atoms with Gasteiger partial charge < -0.3 is 19.5 Å². The summed E-state index contributed by atoms with van der Waals surface area (Å²) in [5.74, 6) is 0.770. The van der Waals surface area contributed by atoms with Gasteiger partial charge in [0.25, 0.3) is 5.91 Å². The molecule has 3 aromatic heterocycles. The summed E-state index contributed by atoms with van der Waals surface area (Å²) in [7, 11) is 1.58. The molecule has 33 heavy (non-hydrogen) atoms. The summed E-state index contributed by atoms with van der Waals surface area (Å²) in [5, 5.41) is 2.57. The molecule has 9 heteroatoms. The van der Waals surface area contributed by atoms with Crippen LogP contribution >= 0.6 is 0 Å². The van der Waals surface area contributed by atoms with Gasteiger partial charge in [0.15, 0.2) is 0 Å². The number of imidazole rings is 1. The molecule has 1 fully saturated rings. The molecule has 1 N–H and O–H groups in total. The number of aromatic nitrogens is 4. The summed E-state index contributed by atoms with van der Waals surface area (Å²) >= 11 is 0. The fraction of sp³-hybridized carbons (Fsp3) is 0.375. The Morgan fingerprint density at radius 1 is 1.18 bits per heavy atom. The third-order valence-electron chi connectivity index (χ3n) is 5.77. The number of aryl methyl sites for hydroxylation is 3. The SMILES string of the molecule is CNC(=O)c1ccc(-c2cc(C)nc([C@@H]3CN(C(=O)CCn4ccnc4C)CCO3)c2)cn1. The van der Waals surface area contributed by atoms with Crippen molar-refractivity contribution in [2.75, 3.05) is 26.7 Å². The van der Waals surface area contributed by atoms with Crippen molar-refractivity contribution in [1.82, 2.24) is 29.7 Å². The molecule has 0 spiro atoms. The lowest BCUT2D eigenvalue weighted by Gasteiger charge is -2.33. The topological polar surface area (TPSA) is 102 Å². The second-order valence-electron chi connectivity index (χ2n) is 8.05. The molecule has 1 aliphatic rings. The van der Waals surface area contributed by atoms with Crippen LogP contribution in [0.1, 0.15) is 40.2 Å². The molecule has 172 valence electrons. The Labute approximate surface area is 192 Å². The summed E-state index contributed by atoms with van der Waals surface area (Å²) < 4.78 is 7.96. The van der Waals surface area contributed by atoms with Gasteiger partial charge in [0.05, 0.1) is 18.8 Å². The average Bonchev–Trinajstić information content (AvgIpc) is 3.26. The van der Waals surface area contributed by atoms with Crippen molar-refractivity contribution >= 4 is 11.8 Å². The molecule has 0 radical (unpaired) electrons. The standard InChI is InChI=1S/C24H28N6O3/c1-16-12-19(18-4-5-20(27-14-18)24(32)25-3)13-21(28-16)22-15-30(10-11-33-22)23(31)6-8-29-9-7-26-17(29)2/h4-5,7,9,12-14,22H,6,8,10-11,15H2,1-3H3,(H,25,32)/t22-/m0/s1. The Bertz CT molecular complexity index is 1140. The zero-order chi connectivity index (χ0) is 23.4. The average molecular weight is 449 g/mol. The van der Waals surface area contributed by atoms with Gasteiger partial charge in [-0.25, -0.2) is 4.98 Å². The summed E-state index contributed by atoms with van der Waals surface area (Å²) in [4.78, 5) is 39.6. The van der Waals surface area contributed by atoms with Gasteiger partial charge in [0, 0.05) is 56.4 Å². The van der Waals surface area contributed by atoms with E-state index in [0.29, 0.717) is 38.4 Å².